The summed E-state index contributed by atoms with van der Waals surface area (Å²) < 4.78 is 16.3. The van der Waals surface area contributed by atoms with Crippen molar-refractivity contribution in [1.82, 2.24) is 14.1 Å². The number of para-hydroxylation sites is 3. The highest BCUT2D eigenvalue weighted by Crippen LogP contribution is 2.47. The summed E-state index contributed by atoms with van der Waals surface area (Å²) in [5.41, 5.74) is 20.7. The highest BCUT2D eigenvalue weighted by Gasteiger charge is 2.23. The summed E-state index contributed by atoms with van der Waals surface area (Å²) in [5.74, 6) is 3.11. The molecule has 0 bridgehead atoms. The standard InChI is InChI=1S/C46H29N3OS.C43H26N2S/c47-46(48-37-14-8-17-41-36(37)26-27-9-1-5-16-40(27)50-41)28-10-7-11-29(25-28)49-38-15-4-2-12-34(38)44-32-19-20-33-31(30(32)21-23-39(44)49)22-24-43-45(33)35-13-3-6-18-42(35)51-43;1-3-11-27(12-4-1)29-25-36(28-13-5-2-6-14-28)44-41(26-29)45-37-17-9-7-15-34(37)42-32-19-20-33-31(30(32)21-23-38(42)45)22-24-40-43(33)35-16-8-10-18-39(35)46-40/h1-25H,26H2,(H2,47,48);1-26H. The van der Waals surface area contributed by atoms with Crippen LogP contribution >= 0.6 is 22.7 Å². The minimum Gasteiger partial charge on any atom is -0.457 e. The Morgan fingerprint density at radius 2 is 0.845 bits per heavy atom. The first kappa shape index (κ1) is 55.3. The number of benzene rings is 15. The average Bonchev–Trinajstić information content (AvgIpc) is 1.60. The topological polar surface area (TPSA) is 70.4 Å². The van der Waals surface area contributed by atoms with Crippen molar-refractivity contribution in [3.63, 3.8) is 0 Å². The Labute approximate surface area is 564 Å². The molecule has 1 aliphatic heterocycles. The molecule has 0 fully saturated rings. The van der Waals surface area contributed by atoms with E-state index in [0.29, 0.717) is 5.84 Å². The van der Waals surface area contributed by atoms with Crippen LogP contribution in [0.5, 0.6) is 11.5 Å². The molecule has 0 amide bonds. The van der Waals surface area contributed by atoms with Gasteiger partial charge < -0.3 is 15.0 Å². The summed E-state index contributed by atoms with van der Waals surface area (Å²) in [6, 6.07) is 111. The van der Waals surface area contributed by atoms with Gasteiger partial charge in [-0.2, -0.15) is 0 Å². The van der Waals surface area contributed by atoms with E-state index in [2.05, 4.69) is 276 Å². The number of ether oxygens (including phenoxy) is 1. The normalized spacial score (nSPS) is 12.5. The lowest BCUT2D eigenvalue weighted by Gasteiger charge is -2.21. The van der Waals surface area contributed by atoms with Gasteiger partial charge in [-0.3, -0.25) is 4.57 Å². The van der Waals surface area contributed by atoms with Gasteiger partial charge in [-0.25, -0.2) is 9.98 Å². The number of thiophene rings is 2. The third kappa shape index (κ3) is 8.77. The number of rotatable bonds is 6. The second-order valence-electron chi connectivity index (χ2n) is 25.2. The largest absolute Gasteiger partial charge is 0.457 e. The lowest BCUT2D eigenvalue weighted by atomic mass is 9.96. The van der Waals surface area contributed by atoms with Crippen LogP contribution in [-0.4, -0.2) is 20.0 Å². The minimum absolute atomic E-state index is 0.467. The fraction of sp³-hybridized carbons (Fsp3) is 0.0112. The molecule has 0 radical (unpaired) electrons. The summed E-state index contributed by atoms with van der Waals surface area (Å²) in [5, 5.41) is 20.6. The monoisotopic (exact) mass is 1270 g/mol. The van der Waals surface area contributed by atoms with Crippen LogP contribution in [0.25, 0.3) is 161 Å². The molecule has 0 aliphatic carbocycles. The summed E-state index contributed by atoms with van der Waals surface area (Å²) in [4.78, 5) is 10.3. The van der Waals surface area contributed by atoms with Crippen LogP contribution < -0.4 is 10.5 Å². The highest BCUT2D eigenvalue weighted by molar-refractivity contribution is 7.26. The molecule has 2 N–H and O–H groups in total. The van der Waals surface area contributed by atoms with Gasteiger partial charge in [-0.1, -0.05) is 218 Å². The van der Waals surface area contributed by atoms with Gasteiger partial charge in [-0.05, 0) is 151 Å². The van der Waals surface area contributed by atoms with Crippen molar-refractivity contribution in [3.8, 4) is 45.4 Å². The van der Waals surface area contributed by atoms with Crippen LogP contribution in [0.3, 0.4) is 0 Å². The van der Waals surface area contributed by atoms with Crippen molar-refractivity contribution in [1.29, 1.82) is 0 Å². The Hall–Kier alpha value is -12.2. The predicted molar refractivity (Wildman–Crippen MR) is 412 cm³/mol. The van der Waals surface area contributed by atoms with Crippen LogP contribution in [0.4, 0.5) is 5.69 Å². The van der Waals surface area contributed by atoms with E-state index in [0.717, 1.165) is 90.7 Å². The SMILES string of the molecule is NC(=Nc1cccc2c1Cc1ccccc1O2)c1cccc(-n2c3ccccc3c3c4ccc5c(ccc6sc7ccccc7c65)c4ccc32)c1.c1ccc(-c2cc(-c3ccccc3)nc(-n3c4ccccc4c4c5ccc6c(ccc7sc8ccccc8c76)c5ccc43)c2)cc1. The Morgan fingerprint density at radius 3 is 1.48 bits per heavy atom. The molecule has 20 aromatic rings. The number of nitrogens with zero attached hydrogens (tertiary/aromatic N) is 4. The fourth-order valence-electron chi connectivity index (χ4n) is 15.5. The fourth-order valence-corrected chi connectivity index (χ4v) is 17.8. The molecule has 8 heteroatoms. The van der Waals surface area contributed by atoms with Crippen molar-refractivity contribution < 1.29 is 4.74 Å². The van der Waals surface area contributed by atoms with Gasteiger partial charge in [0.25, 0.3) is 0 Å². The van der Waals surface area contributed by atoms with Gasteiger partial charge in [0.2, 0.25) is 0 Å². The van der Waals surface area contributed by atoms with Crippen LogP contribution in [0, 0.1) is 0 Å². The number of aliphatic imine (C=N–C) groups is 1. The number of hydrogen-bond acceptors (Lipinski definition) is 5. The number of aromatic nitrogens is 3. The number of nitrogens with two attached hydrogens (primary N) is 1. The van der Waals surface area contributed by atoms with Gasteiger partial charge in [0, 0.05) is 90.7 Å². The third-order valence-electron chi connectivity index (χ3n) is 19.9. The Morgan fingerprint density at radius 1 is 0.351 bits per heavy atom. The molecule has 454 valence electrons. The van der Waals surface area contributed by atoms with Crippen molar-refractivity contribution in [2.75, 3.05) is 0 Å². The zero-order valence-electron chi connectivity index (χ0n) is 52.2. The van der Waals surface area contributed by atoms with Crippen LogP contribution in [0.2, 0.25) is 0 Å². The van der Waals surface area contributed by atoms with Crippen molar-refractivity contribution in [2.24, 2.45) is 10.7 Å². The van der Waals surface area contributed by atoms with Crippen LogP contribution in [0.15, 0.2) is 314 Å². The van der Waals surface area contributed by atoms with E-state index < -0.39 is 0 Å². The lowest BCUT2D eigenvalue weighted by molar-refractivity contribution is 0.460. The van der Waals surface area contributed by atoms with E-state index in [-0.39, 0.29) is 0 Å². The number of amidine groups is 1. The molecule has 0 atom stereocenters. The third-order valence-corrected chi connectivity index (χ3v) is 22.1. The molecule has 6 nitrogen and oxygen atoms in total. The molecular formula is C89H55N5OS2. The average molecular weight is 1270 g/mol. The lowest BCUT2D eigenvalue weighted by Crippen LogP contribution is -2.14. The number of hydrogen-bond donors (Lipinski definition) is 1. The molecule has 97 heavy (non-hydrogen) atoms. The Kier molecular flexibility index (Phi) is 12.5. The quantitative estimate of drug-likeness (QED) is 0.102. The molecular weight excluding hydrogens is 1220 g/mol. The first-order chi connectivity index (χ1) is 48.0. The van der Waals surface area contributed by atoms with Gasteiger partial charge >= 0.3 is 0 Å². The van der Waals surface area contributed by atoms with E-state index >= 15 is 0 Å². The predicted octanol–water partition coefficient (Wildman–Crippen LogP) is 24.4. The molecule has 0 spiro atoms. The molecule has 5 aromatic heterocycles. The smallest absolute Gasteiger partial charge is 0.138 e. The maximum atomic E-state index is 6.80. The molecule has 21 rings (SSSR count). The molecule has 1 aliphatic rings. The van der Waals surface area contributed by atoms with E-state index in [4.69, 9.17) is 20.4 Å². The van der Waals surface area contributed by atoms with E-state index in [9.17, 15) is 0 Å². The maximum Gasteiger partial charge on any atom is 0.138 e. The van der Waals surface area contributed by atoms with Crippen molar-refractivity contribution >= 4 is 161 Å². The minimum atomic E-state index is 0.467. The first-order valence-corrected chi connectivity index (χ1v) is 34.5. The maximum absolute atomic E-state index is 6.80. The second kappa shape index (κ2) is 21.9. The number of pyridine rings is 1. The van der Waals surface area contributed by atoms with Crippen molar-refractivity contribution in [2.45, 2.75) is 6.42 Å². The van der Waals surface area contributed by atoms with E-state index in [1.807, 2.05) is 65.1 Å². The van der Waals surface area contributed by atoms with Crippen LogP contribution in [-0.2, 0) is 6.42 Å². The highest BCUT2D eigenvalue weighted by atomic mass is 32.1. The summed E-state index contributed by atoms with van der Waals surface area (Å²) in [6.07, 6.45) is 0.748. The molecule has 0 saturated carbocycles. The van der Waals surface area contributed by atoms with Gasteiger partial charge in [0.15, 0.2) is 0 Å². The van der Waals surface area contributed by atoms with E-state index in [1.165, 1.54) is 111 Å². The molecule has 0 unspecified atom stereocenters. The molecule has 0 saturated heterocycles. The molecule has 6 heterocycles. The van der Waals surface area contributed by atoms with Gasteiger partial charge in [-0.15, -0.1) is 22.7 Å². The zero-order chi connectivity index (χ0) is 63.8. The molecule has 15 aromatic carbocycles. The Balaban J connectivity index is 0.000000133. The van der Waals surface area contributed by atoms with Gasteiger partial charge in [0.1, 0.15) is 23.2 Å². The van der Waals surface area contributed by atoms with Crippen molar-refractivity contribution in [3.05, 3.63) is 326 Å². The summed E-state index contributed by atoms with van der Waals surface area (Å²) >= 11 is 3.74. The Bertz CT molecular complexity index is 6660. The van der Waals surface area contributed by atoms with Gasteiger partial charge in [0.05, 0.1) is 33.4 Å². The zero-order valence-corrected chi connectivity index (χ0v) is 53.9. The first-order valence-electron chi connectivity index (χ1n) is 32.8. The summed E-state index contributed by atoms with van der Waals surface area (Å²) in [6.45, 7) is 0. The second-order valence-corrected chi connectivity index (χ2v) is 27.4. The van der Waals surface area contributed by atoms with E-state index in [1.54, 1.807) is 0 Å². The summed E-state index contributed by atoms with van der Waals surface area (Å²) in [7, 11) is 0. The van der Waals surface area contributed by atoms with Crippen LogP contribution in [0.1, 0.15) is 16.7 Å². The number of fused-ring (bicyclic) bond motifs is 24.